The van der Waals surface area contributed by atoms with Gasteiger partial charge in [0, 0.05) is 27.5 Å². The lowest BCUT2D eigenvalue weighted by molar-refractivity contribution is 1.31. The average Bonchev–Trinajstić information content (AvgIpc) is 3.04. The van der Waals surface area contributed by atoms with Crippen LogP contribution < -0.4 is 4.90 Å². The van der Waals surface area contributed by atoms with Gasteiger partial charge in [-0.25, -0.2) is 0 Å². The van der Waals surface area contributed by atoms with Crippen molar-refractivity contribution < 1.29 is 0 Å². The third-order valence-corrected chi connectivity index (χ3v) is 8.70. The van der Waals surface area contributed by atoms with Gasteiger partial charge in [0.05, 0.1) is 5.69 Å². The van der Waals surface area contributed by atoms with E-state index in [1.165, 1.54) is 70.3 Å². The Balaban J connectivity index is 1.59. The Hall–Kier alpha value is -5.40. The molecule has 0 atom stereocenters. The minimum absolute atomic E-state index is 1.15. The molecule has 190 valence electrons. The van der Waals surface area contributed by atoms with E-state index in [0.717, 1.165) is 11.4 Å². The predicted molar refractivity (Wildman–Crippen MR) is 177 cm³/mol. The van der Waals surface area contributed by atoms with Crippen molar-refractivity contribution in [1.29, 1.82) is 0 Å². The first-order valence-electron chi connectivity index (χ1n) is 14.2. The van der Waals surface area contributed by atoms with Gasteiger partial charge in [0.1, 0.15) is 0 Å². The molecule has 9 aromatic rings. The summed E-state index contributed by atoms with van der Waals surface area (Å²) < 4.78 is 0. The Morgan fingerprint density at radius 1 is 0.293 bits per heavy atom. The summed E-state index contributed by atoms with van der Waals surface area (Å²) in [6.45, 7) is 0. The minimum Gasteiger partial charge on any atom is -0.309 e. The second kappa shape index (κ2) is 8.55. The molecule has 0 bridgehead atoms. The van der Waals surface area contributed by atoms with Crippen molar-refractivity contribution in [2.45, 2.75) is 0 Å². The van der Waals surface area contributed by atoms with Gasteiger partial charge in [-0.2, -0.15) is 0 Å². The topological polar surface area (TPSA) is 3.24 Å². The summed E-state index contributed by atoms with van der Waals surface area (Å²) in [5.41, 5.74) is 3.51. The normalized spacial score (nSPS) is 11.9. The number of anilines is 3. The van der Waals surface area contributed by atoms with Crippen LogP contribution in [-0.2, 0) is 0 Å². The van der Waals surface area contributed by atoms with Crippen LogP contribution in [0.2, 0.25) is 0 Å². The molecule has 41 heavy (non-hydrogen) atoms. The number of rotatable bonds is 3. The first kappa shape index (κ1) is 22.4. The van der Waals surface area contributed by atoms with Crippen LogP contribution in [0, 0.1) is 0 Å². The van der Waals surface area contributed by atoms with Gasteiger partial charge >= 0.3 is 0 Å². The molecular weight excluding hydrogens is 494 g/mol. The molecule has 0 aromatic heterocycles. The summed E-state index contributed by atoms with van der Waals surface area (Å²) in [7, 11) is 0. The fourth-order valence-electron chi connectivity index (χ4n) is 7.10. The zero-order chi connectivity index (χ0) is 26.9. The van der Waals surface area contributed by atoms with E-state index in [0.29, 0.717) is 0 Å². The third-order valence-electron chi connectivity index (χ3n) is 8.70. The fourth-order valence-corrected chi connectivity index (χ4v) is 7.10. The van der Waals surface area contributed by atoms with Crippen LogP contribution in [0.5, 0.6) is 0 Å². The van der Waals surface area contributed by atoms with Crippen molar-refractivity contribution in [3.8, 4) is 0 Å². The molecule has 9 rings (SSSR count). The SMILES string of the molecule is c1ccc(N(c2ccccc2)c2c3ccccc3c3c4c2cccc4c2cccc4cc5ccccc5c3c42)cc1. The first-order chi connectivity index (χ1) is 20.4. The lowest BCUT2D eigenvalue weighted by Crippen LogP contribution is -2.11. The number of para-hydroxylation sites is 2. The summed E-state index contributed by atoms with van der Waals surface area (Å²) in [5.74, 6) is 0. The van der Waals surface area contributed by atoms with Gasteiger partial charge in [0.15, 0.2) is 0 Å². The molecule has 0 spiro atoms. The van der Waals surface area contributed by atoms with Crippen molar-refractivity contribution in [3.63, 3.8) is 0 Å². The standard InChI is InChI=1S/C40H25N/c1-3-15-28(16-4-1)41(29-17-5-2-6-18-29)40-34-21-10-9-20-33(34)39-37-32(23-12-24-35(37)40)31-22-11-14-27-25-26-13-7-8-19-30(26)38(39)36(27)31/h1-25H. The quantitative estimate of drug-likeness (QED) is 0.166. The van der Waals surface area contributed by atoms with Gasteiger partial charge in [-0.1, -0.05) is 121 Å². The van der Waals surface area contributed by atoms with Crippen LogP contribution in [0.4, 0.5) is 17.1 Å². The maximum atomic E-state index is 2.43. The minimum atomic E-state index is 1.15. The second-order valence-corrected chi connectivity index (χ2v) is 10.9. The van der Waals surface area contributed by atoms with Crippen LogP contribution in [0.25, 0.3) is 64.6 Å². The van der Waals surface area contributed by atoms with Gasteiger partial charge < -0.3 is 4.90 Å². The zero-order valence-corrected chi connectivity index (χ0v) is 22.4. The number of benzene rings is 9. The summed E-state index contributed by atoms with van der Waals surface area (Å²) in [5, 5.41) is 15.7. The smallest absolute Gasteiger partial charge is 0.0619 e. The molecule has 0 aliphatic rings. The average molecular weight is 520 g/mol. The Bertz CT molecular complexity index is 2370. The van der Waals surface area contributed by atoms with E-state index in [2.05, 4.69) is 157 Å². The Kier molecular flexibility index (Phi) is 4.67. The van der Waals surface area contributed by atoms with E-state index in [1.54, 1.807) is 0 Å². The van der Waals surface area contributed by atoms with Crippen LogP contribution >= 0.6 is 0 Å². The molecular formula is C40H25N. The molecule has 0 saturated carbocycles. The monoisotopic (exact) mass is 519 g/mol. The molecule has 0 aliphatic carbocycles. The van der Waals surface area contributed by atoms with E-state index < -0.39 is 0 Å². The maximum Gasteiger partial charge on any atom is 0.0619 e. The highest BCUT2D eigenvalue weighted by Crippen LogP contribution is 2.51. The van der Waals surface area contributed by atoms with Crippen LogP contribution in [0.1, 0.15) is 0 Å². The molecule has 0 amide bonds. The van der Waals surface area contributed by atoms with Crippen molar-refractivity contribution in [2.75, 3.05) is 4.90 Å². The summed E-state index contributed by atoms with van der Waals surface area (Å²) in [6.07, 6.45) is 0. The highest BCUT2D eigenvalue weighted by atomic mass is 15.1. The third kappa shape index (κ3) is 3.12. The number of hydrogen-bond acceptors (Lipinski definition) is 1. The van der Waals surface area contributed by atoms with Crippen LogP contribution in [0.15, 0.2) is 152 Å². The van der Waals surface area contributed by atoms with Crippen molar-refractivity contribution in [1.82, 2.24) is 0 Å². The van der Waals surface area contributed by atoms with E-state index in [-0.39, 0.29) is 0 Å². The summed E-state index contributed by atoms with van der Waals surface area (Å²) in [4.78, 5) is 2.43. The van der Waals surface area contributed by atoms with E-state index in [9.17, 15) is 0 Å². The zero-order valence-electron chi connectivity index (χ0n) is 22.4. The lowest BCUT2D eigenvalue weighted by Gasteiger charge is -2.30. The van der Waals surface area contributed by atoms with Crippen molar-refractivity contribution in [3.05, 3.63) is 152 Å². The molecule has 9 aromatic carbocycles. The van der Waals surface area contributed by atoms with E-state index in [4.69, 9.17) is 0 Å². The number of nitrogens with zero attached hydrogens (tertiary/aromatic N) is 1. The van der Waals surface area contributed by atoms with Gasteiger partial charge in [-0.3, -0.25) is 0 Å². The Morgan fingerprint density at radius 3 is 1.49 bits per heavy atom. The molecule has 1 nitrogen and oxygen atoms in total. The predicted octanol–water partition coefficient (Wildman–Crippen LogP) is 11.5. The second-order valence-electron chi connectivity index (χ2n) is 10.9. The first-order valence-corrected chi connectivity index (χ1v) is 14.2. The number of hydrogen-bond donors (Lipinski definition) is 0. The molecule has 0 saturated heterocycles. The summed E-state index contributed by atoms with van der Waals surface area (Å²) >= 11 is 0. The Labute approximate surface area is 237 Å². The van der Waals surface area contributed by atoms with E-state index >= 15 is 0 Å². The highest BCUT2D eigenvalue weighted by molar-refractivity contribution is 6.44. The molecule has 0 unspecified atom stereocenters. The Morgan fingerprint density at radius 2 is 0.756 bits per heavy atom. The van der Waals surface area contributed by atoms with Gasteiger partial charge in [0.25, 0.3) is 0 Å². The van der Waals surface area contributed by atoms with Crippen molar-refractivity contribution in [2.24, 2.45) is 0 Å². The van der Waals surface area contributed by atoms with Crippen molar-refractivity contribution >= 4 is 81.7 Å². The molecule has 0 aliphatic heterocycles. The van der Waals surface area contributed by atoms with Crippen LogP contribution in [-0.4, -0.2) is 0 Å². The molecule has 0 fully saturated rings. The van der Waals surface area contributed by atoms with Gasteiger partial charge in [0.2, 0.25) is 0 Å². The van der Waals surface area contributed by atoms with Gasteiger partial charge in [-0.15, -0.1) is 0 Å². The van der Waals surface area contributed by atoms with E-state index in [1.807, 2.05) is 0 Å². The molecule has 1 heteroatoms. The van der Waals surface area contributed by atoms with Crippen LogP contribution in [0.3, 0.4) is 0 Å². The number of fused-ring (bicyclic) bond motifs is 6. The van der Waals surface area contributed by atoms with Gasteiger partial charge in [-0.05, 0) is 78.8 Å². The highest BCUT2D eigenvalue weighted by Gasteiger charge is 2.24. The summed E-state index contributed by atoms with van der Waals surface area (Å²) in [6, 6.07) is 55.4. The molecule has 0 radical (unpaired) electrons. The molecule has 0 N–H and O–H groups in total. The molecule has 0 heterocycles. The fraction of sp³-hybridized carbons (Fsp3) is 0. The largest absolute Gasteiger partial charge is 0.309 e. The maximum absolute atomic E-state index is 2.43. The lowest BCUT2D eigenvalue weighted by atomic mass is 9.84.